The van der Waals surface area contributed by atoms with E-state index in [2.05, 4.69) is 0 Å². The number of benzene rings is 1. The van der Waals surface area contributed by atoms with Crippen molar-refractivity contribution < 1.29 is 19.0 Å². The smallest absolute Gasteiger partial charge is 0.251 e. The monoisotopic (exact) mass is 321 g/mol. The molecule has 1 amide bonds. The number of nitrogens with zero attached hydrogens (tertiary/aromatic N) is 1. The van der Waals surface area contributed by atoms with Crippen LogP contribution in [0.1, 0.15) is 26.2 Å². The minimum absolute atomic E-state index is 0.00251. The van der Waals surface area contributed by atoms with Gasteiger partial charge in [0.15, 0.2) is 0 Å². The second-order valence-electron chi connectivity index (χ2n) is 5.89. The van der Waals surface area contributed by atoms with Gasteiger partial charge in [0.05, 0.1) is 19.3 Å². The van der Waals surface area contributed by atoms with Crippen LogP contribution < -0.4 is 4.74 Å². The van der Waals surface area contributed by atoms with Gasteiger partial charge in [0.25, 0.3) is 5.91 Å². The number of rotatable bonds is 9. The highest BCUT2D eigenvalue weighted by atomic mass is 16.5. The average molecular weight is 321 g/mol. The van der Waals surface area contributed by atoms with Gasteiger partial charge in [0.2, 0.25) is 0 Å². The fourth-order valence-electron chi connectivity index (χ4n) is 2.53. The van der Waals surface area contributed by atoms with Gasteiger partial charge in [-0.25, -0.2) is 0 Å². The van der Waals surface area contributed by atoms with Crippen LogP contribution in [-0.4, -0.2) is 56.4 Å². The second kappa shape index (κ2) is 9.53. The number of hydrogen-bond acceptors (Lipinski definition) is 4. The highest BCUT2D eigenvalue weighted by molar-refractivity contribution is 5.80. The summed E-state index contributed by atoms with van der Waals surface area (Å²) in [5.74, 6) is 0.859. The lowest BCUT2D eigenvalue weighted by atomic mass is 10.2. The molecule has 0 saturated carbocycles. The second-order valence-corrected chi connectivity index (χ2v) is 5.89. The SMILES string of the molecule is CC(OCC1CCCO1)C(=O)N(C)CCCOc1ccccc1. The molecule has 2 unspecified atom stereocenters. The van der Waals surface area contributed by atoms with Crippen molar-refractivity contribution in [3.05, 3.63) is 30.3 Å². The summed E-state index contributed by atoms with van der Waals surface area (Å²) in [5, 5.41) is 0. The van der Waals surface area contributed by atoms with Gasteiger partial charge < -0.3 is 19.1 Å². The van der Waals surface area contributed by atoms with Crippen molar-refractivity contribution in [2.45, 2.75) is 38.4 Å². The van der Waals surface area contributed by atoms with E-state index in [0.29, 0.717) is 19.8 Å². The van der Waals surface area contributed by atoms with E-state index >= 15 is 0 Å². The maximum atomic E-state index is 12.2. The van der Waals surface area contributed by atoms with Crippen molar-refractivity contribution in [1.82, 2.24) is 4.90 Å². The number of carbonyl (C=O) groups is 1. The molecule has 1 heterocycles. The van der Waals surface area contributed by atoms with Gasteiger partial charge in [-0.05, 0) is 38.3 Å². The average Bonchev–Trinajstić information content (AvgIpc) is 3.10. The number of carbonyl (C=O) groups excluding carboxylic acids is 1. The first kappa shape index (κ1) is 17.8. The van der Waals surface area contributed by atoms with Crippen LogP contribution >= 0.6 is 0 Å². The van der Waals surface area contributed by atoms with E-state index in [1.165, 1.54) is 0 Å². The van der Waals surface area contributed by atoms with Gasteiger partial charge in [0.1, 0.15) is 11.9 Å². The third kappa shape index (κ3) is 6.20. The summed E-state index contributed by atoms with van der Waals surface area (Å²) in [5.41, 5.74) is 0. The Morgan fingerprint density at radius 3 is 2.87 bits per heavy atom. The quantitative estimate of drug-likeness (QED) is 0.656. The zero-order valence-corrected chi connectivity index (χ0v) is 14.1. The molecule has 128 valence electrons. The normalized spacial score (nSPS) is 18.6. The first-order valence-electron chi connectivity index (χ1n) is 8.33. The van der Waals surface area contributed by atoms with Crippen molar-refractivity contribution in [2.24, 2.45) is 0 Å². The molecular weight excluding hydrogens is 294 g/mol. The van der Waals surface area contributed by atoms with Gasteiger partial charge in [-0.1, -0.05) is 18.2 Å². The lowest BCUT2D eigenvalue weighted by Gasteiger charge is -2.22. The van der Waals surface area contributed by atoms with Crippen LogP contribution in [0.5, 0.6) is 5.75 Å². The van der Waals surface area contributed by atoms with Gasteiger partial charge in [-0.2, -0.15) is 0 Å². The van der Waals surface area contributed by atoms with E-state index in [-0.39, 0.29) is 12.0 Å². The third-order valence-electron chi connectivity index (χ3n) is 3.93. The zero-order valence-electron chi connectivity index (χ0n) is 14.1. The Morgan fingerprint density at radius 1 is 1.39 bits per heavy atom. The number of ether oxygens (including phenoxy) is 3. The molecule has 0 aromatic heterocycles. The van der Waals surface area contributed by atoms with Crippen molar-refractivity contribution >= 4 is 5.91 Å². The predicted octanol–water partition coefficient (Wildman–Crippen LogP) is 2.50. The summed E-state index contributed by atoms with van der Waals surface area (Å²) in [4.78, 5) is 13.9. The summed E-state index contributed by atoms with van der Waals surface area (Å²) < 4.78 is 16.8. The fourth-order valence-corrected chi connectivity index (χ4v) is 2.53. The number of likely N-dealkylation sites (N-methyl/N-ethyl adjacent to an activating group) is 1. The molecule has 23 heavy (non-hydrogen) atoms. The molecule has 0 N–H and O–H groups in total. The lowest BCUT2D eigenvalue weighted by Crippen LogP contribution is -2.38. The highest BCUT2D eigenvalue weighted by Crippen LogP contribution is 2.13. The predicted molar refractivity (Wildman–Crippen MR) is 88.6 cm³/mol. The minimum atomic E-state index is -0.431. The molecular formula is C18H27NO4. The number of hydrogen-bond donors (Lipinski definition) is 0. The van der Waals surface area contributed by atoms with E-state index in [0.717, 1.165) is 31.6 Å². The summed E-state index contributed by atoms with van der Waals surface area (Å²) in [6.07, 6.45) is 2.61. The van der Waals surface area contributed by atoms with E-state index in [4.69, 9.17) is 14.2 Å². The number of amides is 1. The Kier molecular flexibility index (Phi) is 7.36. The van der Waals surface area contributed by atoms with Crippen molar-refractivity contribution in [1.29, 1.82) is 0 Å². The Bertz CT molecular complexity index is 459. The molecule has 0 aliphatic carbocycles. The standard InChI is InChI=1S/C18H27NO4/c1-15(23-14-17-10-6-12-22-17)18(20)19(2)11-7-13-21-16-8-4-3-5-9-16/h3-5,8-9,15,17H,6-7,10-14H2,1-2H3. The van der Waals surface area contributed by atoms with Crippen molar-refractivity contribution in [2.75, 3.05) is 33.4 Å². The highest BCUT2D eigenvalue weighted by Gasteiger charge is 2.21. The largest absolute Gasteiger partial charge is 0.494 e. The molecule has 1 aromatic carbocycles. The molecule has 5 nitrogen and oxygen atoms in total. The molecule has 2 atom stereocenters. The van der Waals surface area contributed by atoms with Crippen LogP contribution in [0, 0.1) is 0 Å². The molecule has 1 saturated heterocycles. The summed E-state index contributed by atoms with van der Waals surface area (Å²) in [7, 11) is 1.80. The molecule has 2 rings (SSSR count). The molecule has 1 aliphatic rings. The maximum absolute atomic E-state index is 12.2. The van der Waals surface area contributed by atoms with Crippen LogP contribution in [-0.2, 0) is 14.3 Å². The maximum Gasteiger partial charge on any atom is 0.251 e. The van der Waals surface area contributed by atoms with E-state index in [1.54, 1.807) is 18.9 Å². The van der Waals surface area contributed by atoms with Crippen LogP contribution in [0.25, 0.3) is 0 Å². The molecule has 1 aromatic rings. The van der Waals surface area contributed by atoms with Crippen molar-refractivity contribution in [3.63, 3.8) is 0 Å². The van der Waals surface area contributed by atoms with Crippen LogP contribution in [0.4, 0.5) is 0 Å². The Balaban J connectivity index is 1.59. The third-order valence-corrected chi connectivity index (χ3v) is 3.93. The van der Waals surface area contributed by atoms with Gasteiger partial charge in [-0.3, -0.25) is 4.79 Å². The minimum Gasteiger partial charge on any atom is -0.494 e. The van der Waals surface area contributed by atoms with Gasteiger partial charge in [0, 0.05) is 20.2 Å². The Morgan fingerprint density at radius 2 is 2.17 bits per heavy atom. The van der Waals surface area contributed by atoms with E-state index in [1.807, 2.05) is 30.3 Å². The van der Waals surface area contributed by atoms with Crippen LogP contribution in [0.15, 0.2) is 30.3 Å². The van der Waals surface area contributed by atoms with Gasteiger partial charge in [-0.15, -0.1) is 0 Å². The molecule has 1 fully saturated rings. The fraction of sp³-hybridized carbons (Fsp3) is 0.611. The molecule has 1 aliphatic heterocycles. The van der Waals surface area contributed by atoms with E-state index < -0.39 is 6.10 Å². The van der Waals surface area contributed by atoms with E-state index in [9.17, 15) is 4.79 Å². The van der Waals surface area contributed by atoms with Crippen molar-refractivity contribution in [3.8, 4) is 5.75 Å². The molecule has 0 bridgehead atoms. The topological polar surface area (TPSA) is 48.0 Å². The Hall–Kier alpha value is -1.59. The number of para-hydroxylation sites is 1. The van der Waals surface area contributed by atoms with Gasteiger partial charge >= 0.3 is 0 Å². The molecule has 0 radical (unpaired) electrons. The molecule has 0 spiro atoms. The molecule has 5 heteroatoms. The van der Waals surface area contributed by atoms with Crippen LogP contribution in [0.2, 0.25) is 0 Å². The Labute approximate surface area is 138 Å². The summed E-state index contributed by atoms with van der Waals surface area (Å²) in [6.45, 7) is 4.34. The summed E-state index contributed by atoms with van der Waals surface area (Å²) >= 11 is 0. The zero-order chi connectivity index (χ0) is 16.5. The summed E-state index contributed by atoms with van der Waals surface area (Å²) in [6, 6.07) is 9.69. The first-order valence-corrected chi connectivity index (χ1v) is 8.33. The van der Waals surface area contributed by atoms with Crippen LogP contribution in [0.3, 0.4) is 0 Å². The lowest BCUT2D eigenvalue weighted by molar-refractivity contribution is -0.143. The first-order chi connectivity index (χ1) is 11.2.